The fourth-order valence-corrected chi connectivity index (χ4v) is 3.23. The van der Waals surface area contributed by atoms with Crippen LogP contribution in [0.15, 0.2) is 71.3 Å². The molecule has 0 saturated heterocycles. The molecule has 0 fully saturated rings. The van der Waals surface area contributed by atoms with Crippen LogP contribution in [0.4, 0.5) is 5.82 Å². The van der Waals surface area contributed by atoms with Gasteiger partial charge in [0, 0.05) is 0 Å². The highest BCUT2D eigenvalue weighted by Crippen LogP contribution is 2.24. The number of hydrogen-bond acceptors (Lipinski definition) is 5. The van der Waals surface area contributed by atoms with E-state index in [9.17, 15) is 10.1 Å². The number of aromatic nitrogens is 2. The van der Waals surface area contributed by atoms with Crippen molar-refractivity contribution in [3.8, 4) is 17.5 Å². The number of nitrogens with zero attached hydrogens (tertiary/aromatic N) is 3. The van der Waals surface area contributed by atoms with E-state index in [2.05, 4.69) is 10.4 Å². The van der Waals surface area contributed by atoms with E-state index in [0.29, 0.717) is 5.76 Å². The smallest absolute Gasteiger partial charge is 0.292 e. The Bertz CT molecular complexity index is 1250. The molecule has 2 aromatic heterocycles. The lowest BCUT2D eigenvalue weighted by Crippen LogP contribution is -2.15. The third kappa shape index (κ3) is 4.19. The lowest BCUT2D eigenvalue weighted by molar-refractivity contribution is 0.0992. The van der Waals surface area contributed by atoms with Crippen LogP contribution in [0.1, 0.15) is 33.0 Å². The molecule has 0 spiro atoms. The van der Waals surface area contributed by atoms with Crippen LogP contribution in [-0.2, 0) is 6.61 Å². The van der Waals surface area contributed by atoms with E-state index in [4.69, 9.17) is 9.15 Å². The summed E-state index contributed by atoms with van der Waals surface area (Å²) in [5.74, 6) is 1.24. The van der Waals surface area contributed by atoms with Crippen LogP contribution >= 0.6 is 0 Å². The Balaban J connectivity index is 1.50. The molecule has 7 heteroatoms. The SMILES string of the molecule is Cc1cccc(C)c1OCc1ccc(C(=O)Nc2c(C#N)cnn2-c2ccccc2)o1. The van der Waals surface area contributed by atoms with Crippen molar-refractivity contribution < 1.29 is 13.9 Å². The van der Waals surface area contributed by atoms with Crippen molar-refractivity contribution in [1.29, 1.82) is 5.26 Å². The molecular formula is C24H20N4O3. The lowest BCUT2D eigenvalue weighted by atomic mass is 10.1. The largest absolute Gasteiger partial charge is 0.485 e. The molecule has 0 atom stereocenters. The van der Waals surface area contributed by atoms with Crippen molar-refractivity contribution in [2.24, 2.45) is 0 Å². The van der Waals surface area contributed by atoms with Crippen molar-refractivity contribution in [3.63, 3.8) is 0 Å². The van der Waals surface area contributed by atoms with Crippen LogP contribution < -0.4 is 10.1 Å². The van der Waals surface area contributed by atoms with Crippen LogP contribution in [0.5, 0.6) is 5.75 Å². The number of aryl methyl sites for hydroxylation is 2. The maximum Gasteiger partial charge on any atom is 0.292 e. The fourth-order valence-electron chi connectivity index (χ4n) is 3.23. The molecule has 0 radical (unpaired) electrons. The third-order valence-corrected chi connectivity index (χ3v) is 4.78. The molecule has 0 aliphatic heterocycles. The minimum atomic E-state index is -0.479. The first-order chi connectivity index (χ1) is 15.1. The number of furan rings is 1. The van der Waals surface area contributed by atoms with Crippen LogP contribution in [0, 0.1) is 25.2 Å². The minimum Gasteiger partial charge on any atom is -0.485 e. The highest BCUT2D eigenvalue weighted by atomic mass is 16.5. The Morgan fingerprint density at radius 2 is 1.84 bits per heavy atom. The molecule has 2 aromatic carbocycles. The second kappa shape index (κ2) is 8.59. The van der Waals surface area contributed by atoms with Gasteiger partial charge in [-0.1, -0.05) is 36.4 Å². The summed E-state index contributed by atoms with van der Waals surface area (Å²) in [6.07, 6.45) is 1.41. The van der Waals surface area contributed by atoms with Gasteiger partial charge >= 0.3 is 0 Å². The van der Waals surface area contributed by atoms with Crippen LogP contribution in [0.2, 0.25) is 0 Å². The van der Waals surface area contributed by atoms with Crippen molar-refractivity contribution >= 4 is 11.7 Å². The van der Waals surface area contributed by atoms with Gasteiger partial charge in [-0.3, -0.25) is 4.79 Å². The van der Waals surface area contributed by atoms with E-state index in [1.807, 2.05) is 68.4 Å². The Labute approximate surface area is 179 Å². The molecule has 0 aliphatic carbocycles. The average molecular weight is 412 g/mol. The predicted octanol–water partition coefficient (Wildman–Crippen LogP) is 4.79. The number of ether oxygens (including phenoxy) is 1. The van der Waals surface area contributed by atoms with Gasteiger partial charge in [0.05, 0.1) is 11.9 Å². The van der Waals surface area contributed by atoms with Crippen molar-refractivity contribution in [2.75, 3.05) is 5.32 Å². The summed E-state index contributed by atoms with van der Waals surface area (Å²) >= 11 is 0. The predicted molar refractivity (Wildman–Crippen MR) is 115 cm³/mol. The first-order valence-corrected chi connectivity index (χ1v) is 9.69. The third-order valence-electron chi connectivity index (χ3n) is 4.78. The van der Waals surface area contributed by atoms with Gasteiger partial charge in [0.2, 0.25) is 0 Å². The topological polar surface area (TPSA) is 93.1 Å². The molecule has 0 bridgehead atoms. The Morgan fingerprint density at radius 3 is 2.55 bits per heavy atom. The number of carbonyl (C=O) groups excluding carboxylic acids is 1. The standard InChI is InChI=1S/C24H20N4O3/c1-16-7-6-8-17(2)22(16)30-15-20-11-12-21(31-20)24(29)27-23-18(13-25)14-26-28(23)19-9-4-3-5-10-19/h3-12,14H,15H2,1-2H3,(H,27,29). The summed E-state index contributed by atoms with van der Waals surface area (Å²) in [7, 11) is 0. The summed E-state index contributed by atoms with van der Waals surface area (Å²) < 4.78 is 13.1. The number of carbonyl (C=O) groups is 1. The number of rotatable bonds is 6. The number of hydrogen-bond donors (Lipinski definition) is 1. The molecule has 7 nitrogen and oxygen atoms in total. The van der Waals surface area contributed by atoms with E-state index in [-0.39, 0.29) is 23.7 Å². The summed E-state index contributed by atoms with van der Waals surface area (Å²) in [4.78, 5) is 12.8. The van der Waals surface area contributed by atoms with Gasteiger partial charge in [0.15, 0.2) is 11.6 Å². The van der Waals surface area contributed by atoms with Gasteiger partial charge in [-0.25, -0.2) is 4.68 Å². The number of nitriles is 1. The highest BCUT2D eigenvalue weighted by molar-refractivity contribution is 6.02. The maximum atomic E-state index is 12.8. The zero-order valence-electron chi connectivity index (χ0n) is 17.1. The number of anilines is 1. The first-order valence-electron chi connectivity index (χ1n) is 9.69. The quantitative estimate of drug-likeness (QED) is 0.492. The zero-order valence-corrected chi connectivity index (χ0v) is 17.1. The molecule has 0 saturated carbocycles. The summed E-state index contributed by atoms with van der Waals surface area (Å²) in [5, 5.41) is 16.3. The zero-order chi connectivity index (χ0) is 21.8. The van der Waals surface area contributed by atoms with Crippen molar-refractivity contribution in [2.45, 2.75) is 20.5 Å². The van der Waals surface area contributed by atoms with E-state index >= 15 is 0 Å². The molecule has 0 unspecified atom stereocenters. The lowest BCUT2D eigenvalue weighted by Gasteiger charge is -2.10. The van der Waals surface area contributed by atoms with E-state index in [1.54, 1.807) is 12.1 Å². The van der Waals surface area contributed by atoms with Crippen molar-refractivity contribution in [3.05, 3.63) is 95.1 Å². The maximum absolute atomic E-state index is 12.8. The summed E-state index contributed by atoms with van der Waals surface area (Å²) in [6.45, 7) is 4.16. The Hall–Kier alpha value is -4.31. The van der Waals surface area contributed by atoms with E-state index in [0.717, 1.165) is 22.6 Å². The van der Waals surface area contributed by atoms with Crippen LogP contribution in [0.25, 0.3) is 5.69 Å². The number of amides is 1. The molecule has 1 amide bonds. The van der Waals surface area contributed by atoms with Gasteiger partial charge in [0.25, 0.3) is 5.91 Å². The molecule has 4 rings (SSSR count). The summed E-state index contributed by atoms with van der Waals surface area (Å²) in [5.41, 5.74) is 3.04. The second-order valence-corrected chi connectivity index (χ2v) is 7.00. The van der Waals surface area contributed by atoms with E-state index < -0.39 is 5.91 Å². The van der Waals surface area contributed by atoms with Gasteiger partial charge < -0.3 is 14.5 Å². The number of para-hydroxylation sites is 2. The molecule has 1 N–H and O–H groups in total. The van der Waals surface area contributed by atoms with Gasteiger partial charge in [-0.05, 0) is 49.2 Å². The molecule has 31 heavy (non-hydrogen) atoms. The molecule has 154 valence electrons. The van der Waals surface area contributed by atoms with Gasteiger partial charge in [0.1, 0.15) is 29.7 Å². The van der Waals surface area contributed by atoms with Gasteiger partial charge in [-0.15, -0.1) is 0 Å². The Morgan fingerprint density at radius 1 is 1.10 bits per heavy atom. The first kappa shape index (κ1) is 20.0. The van der Waals surface area contributed by atoms with Gasteiger partial charge in [-0.2, -0.15) is 10.4 Å². The van der Waals surface area contributed by atoms with Crippen LogP contribution in [-0.4, -0.2) is 15.7 Å². The minimum absolute atomic E-state index is 0.116. The Kier molecular flexibility index (Phi) is 5.54. The fraction of sp³-hybridized carbons (Fsp3) is 0.125. The number of benzene rings is 2. The van der Waals surface area contributed by atoms with Crippen LogP contribution in [0.3, 0.4) is 0 Å². The molecule has 4 aromatic rings. The molecule has 0 aliphatic rings. The monoisotopic (exact) mass is 412 g/mol. The second-order valence-electron chi connectivity index (χ2n) is 7.00. The van der Waals surface area contributed by atoms with E-state index in [1.165, 1.54) is 10.9 Å². The normalized spacial score (nSPS) is 10.5. The highest BCUT2D eigenvalue weighted by Gasteiger charge is 2.18. The molecule has 2 heterocycles. The van der Waals surface area contributed by atoms with Crippen molar-refractivity contribution in [1.82, 2.24) is 9.78 Å². The number of nitrogens with one attached hydrogen (secondary N) is 1. The molecular weight excluding hydrogens is 392 g/mol. The average Bonchev–Trinajstić information content (AvgIpc) is 3.41. The summed E-state index contributed by atoms with van der Waals surface area (Å²) in [6, 6.07) is 20.5.